The summed E-state index contributed by atoms with van der Waals surface area (Å²) in [6, 6.07) is 3.67. The van der Waals surface area contributed by atoms with Gasteiger partial charge in [0.15, 0.2) is 0 Å². The number of amides is 2. The van der Waals surface area contributed by atoms with Crippen molar-refractivity contribution in [3.63, 3.8) is 0 Å². The molecule has 3 aliphatic rings. The lowest BCUT2D eigenvalue weighted by atomic mass is 10.2. The molecule has 130 valence electrons. The van der Waals surface area contributed by atoms with Gasteiger partial charge in [-0.1, -0.05) is 6.92 Å². The van der Waals surface area contributed by atoms with Crippen LogP contribution in [0.4, 0.5) is 0 Å². The summed E-state index contributed by atoms with van der Waals surface area (Å²) in [5, 5.41) is 0. The molecule has 0 spiro atoms. The van der Waals surface area contributed by atoms with Crippen molar-refractivity contribution >= 4 is 23.6 Å². The van der Waals surface area contributed by atoms with Gasteiger partial charge in [-0.25, -0.2) is 0 Å². The van der Waals surface area contributed by atoms with Crippen LogP contribution in [0.3, 0.4) is 0 Å². The molecule has 4 atom stereocenters. The summed E-state index contributed by atoms with van der Waals surface area (Å²) in [6.07, 6.45) is 2.58. The van der Waals surface area contributed by atoms with Gasteiger partial charge in [-0.3, -0.25) is 9.59 Å². The monoisotopic (exact) mass is 348 g/mol. The van der Waals surface area contributed by atoms with Crippen molar-refractivity contribution in [3.05, 3.63) is 23.7 Å². The van der Waals surface area contributed by atoms with Crippen LogP contribution in [0.15, 0.2) is 16.5 Å². The summed E-state index contributed by atoms with van der Waals surface area (Å²) in [4.78, 5) is 28.4. The lowest BCUT2D eigenvalue weighted by molar-refractivity contribution is -0.143. The average Bonchev–Trinajstić information content (AvgIpc) is 2.89. The SMILES string of the molecule is C[C@@H]1C[C@@H]1c1ccc(CN(C)C(=O)[C@H]2CS[C@]3(C)CCC(=O)N23)o1. The molecule has 0 aromatic carbocycles. The Labute approximate surface area is 146 Å². The zero-order chi connectivity index (χ0) is 17.1. The molecule has 4 rings (SSSR count). The number of hydrogen-bond donors (Lipinski definition) is 0. The van der Waals surface area contributed by atoms with E-state index in [9.17, 15) is 9.59 Å². The van der Waals surface area contributed by atoms with E-state index in [-0.39, 0.29) is 22.7 Å². The molecule has 0 N–H and O–H groups in total. The average molecular weight is 348 g/mol. The van der Waals surface area contributed by atoms with Crippen molar-refractivity contribution in [3.8, 4) is 0 Å². The first-order chi connectivity index (χ1) is 11.4. The van der Waals surface area contributed by atoms with Crippen LogP contribution in [-0.2, 0) is 16.1 Å². The fourth-order valence-corrected chi connectivity index (χ4v) is 5.39. The van der Waals surface area contributed by atoms with E-state index in [1.165, 1.54) is 6.42 Å². The van der Waals surface area contributed by atoms with E-state index in [1.807, 2.05) is 17.0 Å². The molecule has 1 aliphatic carbocycles. The maximum absolute atomic E-state index is 12.9. The van der Waals surface area contributed by atoms with Gasteiger partial charge in [-0.2, -0.15) is 0 Å². The number of furan rings is 1. The number of nitrogens with zero attached hydrogens (tertiary/aromatic N) is 2. The Bertz CT molecular complexity index is 688. The number of carbonyl (C=O) groups is 2. The second-order valence-electron chi connectivity index (χ2n) is 7.58. The predicted molar refractivity (Wildman–Crippen MR) is 92.4 cm³/mol. The third-order valence-corrected chi connectivity index (χ3v) is 7.16. The molecule has 6 heteroatoms. The Morgan fingerprint density at radius 1 is 1.50 bits per heavy atom. The lowest BCUT2D eigenvalue weighted by Crippen LogP contribution is -2.50. The van der Waals surface area contributed by atoms with Gasteiger partial charge in [0.1, 0.15) is 17.6 Å². The summed E-state index contributed by atoms with van der Waals surface area (Å²) in [6.45, 7) is 4.76. The van der Waals surface area contributed by atoms with Crippen LogP contribution in [0, 0.1) is 5.92 Å². The van der Waals surface area contributed by atoms with Crippen LogP contribution in [-0.4, -0.2) is 45.3 Å². The minimum absolute atomic E-state index is 0.0132. The standard InChI is InChI=1S/C18H24N2O3S/c1-11-8-13(11)15-5-4-12(23-15)9-19(3)17(22)14-10-24-18(2)7-6-16(21)20(14)18/h4-5,11,13-14H,6-10H2,1-3H3/t11-,13+,14-,18-/m1/s1. The van der Waals surface area contributed by atoms with Gasteiger partial charge < -0.3 is 14.2 Å². The second kappa shape index (κ2) is 5.55. The maximum Gasteiger partial charge on any atom is 0.246 e. The van der Waals surface area contributed by atoms with Gasteiger partial charge in [0, 0.05) is 25.1 Å². The van der Waals surface area contributed by atoms with Crippen molar-refractivity contribution in [2.45, 2.75) is 56.5 Å². The molecule has 24 heavy (non-hydrogen) atoms. The van der Waals surface area contributed by atoms with E-state index in [1.54, 1.807) is 23.7 Å². The molecule has 0 bridgehead atoms. The molecule has 3 heterocycles. The van der Waals surface area contributed by atoms with Crippen molar-refractivity contribution in [1.82, 2.24) is 9.80 Å². The van der Waals surface area contributed by atoms with Crippen LogP contribution in [0.2, 0.25) is 0 Å². The quantitative estimate of drug-likeness (QED) is 0.840. The predicted octanol–water partition coefficient (Wildman–Crippen LogP) is 2.82. The van der Waals surface area contributed by atoms with Gasteiger partial charge in [0.05, 0.1) is 11.4 Å². The lowest BCUT2D eigenvalue weighted by Gasteiger charge is -2.31. The third kappa shape index (κ3) is 2.55. The Morgan fingerprint density at radius 2 is 2.25 bits per heavy atom. The van der Waals surface area contributed by atoms with E-state index in [0.717, 1.165) is 17.9 Å². The van der Waals surface area contributed by atoms with E-state index >= 15 is 0 Å². The van der Waals surface area contributed by atoms with E-state index in [2.05, 4.69) is 13.8 Å². The smallest absolute Gasteiger partial charge is 0.246 e. The second-order valence-corrected chi connectivity index (χ2v) is 9.08. The molecule has 0 unspecified atom stereocenters. The maximum atomic E-state index is 12.9. The topological polar surface area (TPSA) is 53.8 Å². The van der Waals surface area contributed by atoms with Gasteiger partial charge in [0.25, 0.3) is 0 Å². The number of rotatable bonds is 4. The highest BCUT2D eigenvalue weighted by atomic mass is 32.2. The minimum Gasteiger partial charge on any atom is -0.464 e. The van der Waals surface area contributed by atoms with Gasteiger partial charge in [0.2, 0.25) is 11.8 Å². The highest BCUT2D eigenvalue weighted by Crippen LogP contribution is 2.48. The first-order valence-corrected chi connectivity index (χ1v) is 9.67. The first-order valence-electron chi connectivity index (χ1n) is 8.69. The largest absolute Gasteiger partial charge is 0.464 e. The summed E-state index contributed by atoms with van der Waals surface area (Å²) in [5.74, 6) is 3.93. The summed E-state index contributed by atoms with van der Waals surface area (Å²) in [5.41, 5.74) is 0. The van der Waals surface area contributed by atoms with Gasteiger partial charge >= 0.3 is 0 Å². The zero-order valence-corrected chi connectivity index (χ0v) is 15.3. The molecule has 0 radical (unpaired) electrons. The van der Waals surface area contributed by atoms with E-state index < -0.39 is 0 Å². The fourth-order valence-electron chi connectivity index (χ4n) is 3.97. The molecule has 3 fully saturated rings. The molecule has 1 aromatic heterocycles. The number of likely N-dealkylation sites (N-methyl/N-ethyl adjacent to an activating group) is 1. The number of thioether (sulfide) groups is 1. The number of carbonyl (C=O) groups excluding carboxylic acids is 2. The number of fused-ring (bicyclic) bond motifs is 1. The molecule has 2 aliphatic heterocycles. The molecule has 1 aromatic rings. The molecule has 5 nitrogen and oxygen atoms in total. The first kappa shape index (κ1) is 16.1. The van der Waals surface area contributed by atoms with Gasteiger partial charge in [-0.05, 0) is 37.8 Å². The Kier molecular flexibility index (Phi) is 3.71. The van der Waals surface area contributed by atoms with Crippen LogP contribution < -0.4 is 0 Å². The summed E-state index contributed by atoms with van der Waals surface area (Å²) < 4.78 is 5.91. The summed E-state index contributed by atoms with van der Waals surface area (Å²) in [7, 11) is 1.80. The van der Waals surface area contributed by atoms with Crippen LogP contribution >= 0.6 is 11.8 Å². The van der Waals surface area contributed by atoms with E-state index in [0.29, 0.717) is 30.6 Å². The molecular weight excluding hydrogens is 324 g/mol. The highest BCUT2D eigenvalue weighted by molar-refractivity contribution is 8.01. The van der Waals surface area contributed by atoms with Crippen LogP contribution in [0.1, 0.15) is 50.5 Å². The van der Waals surface area contributed by atoms with Crippen molar-refractivity contribution < 1.29 is 14.0 Å². The molecular formula is C18H24N2O3S. The van der Waals surface area contributed by atoms with Crippen LogP contribution in [0.25, 0.3) is 0 Å². The van der Waals surface area contributed by atoms with Crippen LogP contribution in [0.5, 0.6) is 0 Å². The Hall–Kier alpha value is -1.43. The molecule has 2 amide bonds. The Balaban J connectivity index is 1.43. The van der Waals surface area contributed by atoms with Crippen molar-refractivity contribution in [1.29, 1.82) is 0 Å². The molecule has 1 saturated carbocycles. The van der Waals surface area contributed by atoms with Crippen molar-refractivity contribution in [2.75, 3.05) is 12.8 Å². The minimum atomic E-state index is -0.335. The zero-order valence-electron chi connectivity index (χ0n) is 14.4. The normalized spacial score (nSPS) is 34.5. The summed E-state index contributed by atoms with van der Waals surface area (Å²) >= 11 is 1.73. The van der Waals surface area contributed by atoms with Gasteiger partial charge in [-0.15, -0.1) is 11.8 Å². The fraction of sp³-hybridized carbons (Fsp3) is 0.667. The molecule has 2 saturated heterocycles. The van der Waals surface area contributed by atoms with E-state index in [4.69, 9.17) is 4.42 Å². The number of hydrogen-bond acceptors (Lipinski definition) is 4. The highest BCUT2D eigenvalue weighted by Gasteiger charge is 2.53. The third-order valence-electron chi connectivity index (χ3n) is 5.66. The Morgan fingerprint density at radius 3 is 2.96 bits per heavy atom. The van der Waals surface area contributed by atoms with Crippen molar-refractivity contribution in [2.24, 2.45) is 5.92 Å².